The van der Waals surface area contributed by atoms with Crippen molar-refractivity contribution in [3.63, 3.8) is 0 Å². The molecule has 3 aromatic rings. The fraction of sp³-hybridized carbons (Fsp3) is 0.333. The standard InChI is InChI=1S/C27H30F2N4O5/c1-5-10-38-26(36)21(31-24(34)23-19(28)11-17(14-30)12-20(23)29)13-16-6-8-18(9-7-16)22-15(2)32(3)27(37)33(4)25(22)35/h6-9,11-12,21H,5,10,13-14,30H2,1-4H3,(H,31,34)/t21-/m0/s1. The molecule has 0 aliphatic heterocycles. The molecular formula is C27H30F2N4O5. The van der Waals surface area contributed by atoms with Crippen LogP contribution in [0.15, 0.2) is 46.0 Å². The molecule has 11 heteroatoms. The minimum atomic E-state index is -1.24. The molecule has 9 nitrogen and oxygen atoms in total. The van der Waals surface area contributed by atoms with Gasteiger partial charge in [-0.1, -0.05) is 31.2 Å². The van der Waals surface area contributed by atoms with Crippen molar-refractivity contribution in [3.05, 3.63) is 91.3 Å². The SMILES string of the molecule is CCCOC(=O)[C@H](Cc1ccc(-c2c(C)n(C)c(=O)n(C)c2=O)cc1)NC(=O)c1c(F)cc(CN)cc1F. The van der Waals surface area contributed by atoms with Gasteiger partial charge in [-0.15, -0.1) is 0 Å². The maximum Gasteiger partial charge on any atom is 0.330 e. The molecule has 0 unspecified atom stereocenters. The number of esters is 1. The van der Waals surface area contributed by atoms with Crippen LogP contribution >= 0.6 is 0 Å². The molecule has 0 fully saturated rings. The lowest BCUT2D eigenvalue weighted by atomic mass is 10.00. The highest BCUT2D eigenvalue weighted by atomic mass is 19.1. The quantitative estimate of drug-likeness (QED) is 0.410. The van der Waals surface area contributed by atoms with Gasteiger partial charge in [-0.2, -0.15) is 0 Å². The van der Waals surface area contributed by atoms with E-state index in [4.69, 9.17) is 10.5 Å². The first kappa shape index (κ1) is 28.5. The third-order valence-electron chi connectivity index (χ3n) is 6.24. The van der Waals surface area contributed by atoms with E-state index in [-0.39, 0.29) is 25.1 Å². The molecule has 3 N–H and O–H groups in total. The van der Waals surface area contributed by atoms with Crippen molar-refractivity contribution in [2.75, 3.05) is 6.61 Å². The van der Waals surface area contributed by atoms with Gasteiger partial charge in [0.2, 0.25) is 0 Å². The van der Waals surface area contributed by atoms with E-state index in [1.54, 1.807) is 45.2 Å². The second-order valence-electron chi connectivity index (χ2n) is 8.90. The average molecular weight is 529 g/mol. The number of carbonyl (C=O) groups is 2. The lowest BCUT2D eigenvalue weighted by Crippen LogP contribution is -2.44. The Morgan fingerprint density at radius 2 is 1.63 bits per heavy atom. The van der Waals surface area contributed by atoms with Gasteiger partial charge < -0.3 is 20.4 Å². The van der Waals surface area contributed by atoms with E-state index in [0.717, 1.165) is 16.7 Å². The van der Waals surface area contributed by atoms with Crippen molar-refractivity contribution in [1.29, 1.82) is 0 Å². The number of rotatable bonds is 9. The Balaban J connectivity index is 1.91. The van der Waals surface area contributed by atoms with Gasteiger partial charge in [-0.25, -0.2) is 18.4 Å². The number of amides is 1. The summed E-state index contributed by atoms with van der Waals surface area (Å²) in [5.74, 6) is -4.06. The fourth-order valence-corrected chi connectivity index (χ4v) is 4.01. The number of hydrogen-bond acceptors (Lipinski definition) is 6. The van der Waals surface area contributed by atoms with Gasteiger partial charge >= 0.3 is 11.7 Å². The van der Waals surface area contributed by atoms with Crippen molar-refractivity contribution in [2.45, 2.75) is 39.3 Å². The summed E-state index contributed by atoms with van der Waals surface area (Å²) in [6.07, 6.45) is 0.502. The Morgan fingerprint density at radius 3 is 2.18 bits per heavy atom. The zero-order valence-electron chi connectivity index (χ0n) is 21.6. The van der Waals surface area contributed by atoms with E-state index in [1.165, 1.54) is 11.6 Å². The number of hydrogen-bond donors (Lipinski definition) is 2. The summed E-state index contributed by atoms with van der Waals surface area (Å²) in [6, 6.07) is 7.32. The smallest absolute Gasteiger partial charge is 0.330 e. The molecule has 1 heterocycles. The molecule has 1 aromatic heterocycles. The Labute approximate surface area is 217 Å². The number of aromatic nitrogens is 2. The van der Waals surface area contributed by atoms with Gasteiger partial charge in [0.15, 0.2) is 0 Å². The van der Waals surface area contributed by atoms with Gasteiger partial charge in [0.1, 0.15) is 23.2 Å². The number of nitrogens with zero attached hydrogens (tertiary/aromatic N) is 2. The Kier molecular flexibility index (Phi) is 8.95. The number of nitrogens with two attached hydrogens (primary N) is 1. The van der Waals surface area contributed by atoms with E-state index < -0.39 is 46.4 Å². The fourth-order valence-electron chi connectivity index (χ4n) is 4.01. The van der Waals surface area contributed by atoms with Gasteiger partial charge in [-0.3, -0.25) is 14.2 Å². The van der Waals surface area contributed by atoms with E-state index in [1.807, 2.05) is 0 Å². The van der Waals surface area contributed by atoms with Crippen LogP contribution in [-0.4, -0.2) is 33.7 Å². The second kappa shape index (κ2) is 12.0. The van der Waals surface area contributed by atoms with Crippen LogP contribution in [0.5, 0.6) is 0 Å². The largest absolute Gasteiger partial charge is 0.464 e. The number of halogens is 2. The van der Waals surface area contributed by atoms with Crippen LogP contribution in [0, 0.1) is 18.6 Å². The molecule has 0 saturated heterocycles. The molecule has 0 aliphatic carbocycles. The van der Waals surface area contributed by atoms with Crippen molar-refractivity contribution in [3.8, 4) is 11.1 Å². The molecule has 202 valence electrons. The minimum absolute atomic E-state index is 0.0387. The summed E-state index contributed by atoms with van der Waals surface area (Å²) < 4.78 is 36.5. The van der Waals surface area contributed by atoms with E-state index in [2.05, 4.69) is 5.32 Å². The van der Waals surface area contributed by atoms with Crippen LogP contribution in [0.1, 0.15) is 40.5 Å². The highest BCUT2D eigenvalue weighted by molar-refractivity contribution is 5.97. The van der Waals surface area contributed by atoms with Gasteiger partial charge in [-0.05, 0) is 42.2 Å². The lowest BCUT2D eigenvalue weighted by molar-refractivity contribution is -0.145. The Hall–Kier alpha value is -4.12. The van der Waals surface area contributed by atoms with Crippen LogP contribution in [0.4, 0.5) is 8.78 Å². The molecule has 0 spiro atoms. The summed E-state index contributed by atoms with van der Waals surface area (Å²) in [6.45, 7) is 3.46. The Morgan fingerprint density at radius 1 is 1.03 bits per heavy atom. The van der Waals surface area contributed by atoms with Crippen LogP contribution in [-0.2, 0) is 36.6 Å². The molecular weight excluding hydrogens is 498 g/mol. The zero-order chi connectivity index (χ0) is 28.1. The number of nitrogens with one attached hydrogen (secondary N) is 1. The first-order chi connectivity index (χ1) is 18.0. The van der Waals surface area contributed by atoms with Crippen molar-refractivity contribution in [1.82, 2.24) is 14.5 Å². The van der Waals surface area contributed by atoms with Crippen molar-refractivity contribution < 1.29 is 23.1 Å². The minimum Gasteiger partial charge on any atom is -0.464 e. The second-order valence-corrected chi connectivity index (χ2v) is 8.90. The molecule has 38 heavy (non-hydrogen) atoms. The summed E-state index contributed by atoms with van der Waals surface area (Å²) in [7, 11) is 2.96. The molecule has 0 bridgehead atoms. The van der Waals surface area contributed by atoms with E-state index >= 15 is 0 Å². The normalized spacial score (nSPS) is 11.8. The van der Waals surface area contributed by atoms with Gasteiger partial charge in [0.25, 0.3) is 11.5 Å². The van der Waals surface area contributed by atoms with E-state index in [0.29, 0.717) is 28.8 Å². The topological polar surface area (TPSA) is 125 Å². The number of carbonyl (C=O) groups excluding carboxylic acids is 2. The van der Waals surface area contributed by atoms with Gasteiger partial charge in [0, 0.05) is 32.8 Å². The number of ether oxygens (including phenoxy) is 1. The molecule has 3 rings (SSSR count). The predicted octanol–water partition coefficient (Wildman–Crippen LogP) is 2.09. The number of benzene rings is 2. The molecule has 2 aromatic carbocycles. The molecule has 1 amide bonds. The highest BCUT2D eigenvalue weighted by Crippen LogP contribution is 2.20. The van der Waals surface area contributed by atoms with Crippen LogP contribution < -0.4 is 22.3 Å². The summed E-state index contributed by atoms with van der Waals surface area (Å²) in [4.78, 5) is 50.4. The summed E-state index contributed by atoms with van der Waals surface area (Å²) >= 11 is 0. The summed E-state index contributed by atoms with van der Waals surface area (Å²) in [5.41, 5.74) is 5.87. The van der Waals surface area contributed by atoms with Crippen LogP contribution in [0.2, 0.25) is 0 Å². The molecule has 0 aliphatic rings. The first-order valence-electron chi connectivity index (χ1n) is 12.0. The third-order valence-corrected chi connectivity index (χ3v) is 6.24. The molecule has 0 saturated carbocycles. The highest BCUT2D eigenvalue weighted by Gasteiger charge is 2.27. The van der Waals surface area contributed by atoms with Crippen molar-refractivity contribution in [2.24, 2.45) is 19.8 Å². The zero-order valence-corrected chi connectivity index (χ0v) is 21.6. The maximum atomic E-state index is 14.5. The summed E-state index contributed by atoms with van der Waals surface area (Å²) in [5, 5.41) is 2.38. The van der Waals surface area contributed by atoms with Crippen molar-refractivity contribution >= 4 is 11.9 Å². The van der Waals surface area contributed by atoms with Gasteiger partial charge in [0.05, 0.1) is 12.2 Å². The van der Waals surface area contributed by atoms with Crippen LogP contribution in [0.3, 0.4) is 0 Å². The average Bonchev–Trinajstić information content (AvgIpc) is 2.89. The van der Waals surface area contributed by atoms with Crippen LogP contribution in [0.25, 0.3) is 11.1 Å². The lowest BCUT2D eigenvalue weighted by Gasteiger charge is -2.19. The van der Waals surface area contributed by atoms with E-state index in [9.17, 15) is 28.0 Å². The first-order valence-corrected chi connectivity index (χ1v) is 12.0. The monoisotopic (exact) mass is 528 g/mol. The third kappa shape index (κ3) is 5.88. The Bertz CT molecular complexity index is 1460. The predicted molar refractivity (Wildman–Crippen MR) is 138 cm³/mol. The molecule has 1 atom stereocenters. The molecule has 0 radical (unpaired) electrons. The maximum absolute atomic E-state index is 14.5.